The van der Waals surface area contributed by atoms with E-state index in [-0.39, 0.29) is 17.5 Å². The lowest BCUT2D eigenvalue weighted by Gasteiger charge is -2.32. The average molecular weight is 431 g/mol. The van der Waals surface area contributed by atoms with Crippen molar-refractivity contribution in [3.63, 3.8) is 0 Å². The average Bonchev–Trinajstić information content (AvgIpc) is 2.62. The van der Waals surface area contributed by atoms with Gasteiger partial charge in [-0.15, -0.1) is 0 Å². The van der Waals surface area contributed by atoms with Crippen LogP contribution < -0.4 is 9.62 Å². The quantitative estimate of drug-likeness (QED) is 0.588. The van der Waals surface area contributed by atoms with Crippen molar-refractivity contribution < 1.29 is 13.5 Å². The Morgan fingerprint density at radius 3 is 2.33 bits per heavy atom. The fourth-order valence-corrected chi connectivity index (χ4v) is 4.90. The summed E-state index contributed by atoms with van der Waals surface area (Å²) in [6, 6.07) is 10.6. The van der Waals surface area contributed by atoms with Crippen LogP contribution in [0.25, 0.3) is 0 Å². The van der Waals surface area contributed by atoms with Crippen LogP contribution in [0.4, 0.5) is 5.69 Å². The molecule has 5 nitrogen and oxygen atoms in total. The van der Waals surface area contributed by atoms with Crippen molar-refractivity contribution in [2.24, 2.45) is 0 Å². The Labute approximate surface area is 171 Å². The van der Waals surface area contributed by atoms with Crippen molar-refractivity contribution >= 4 is 38.9 Å². The highest BCUT2D eigenvalue weighted by Crippen LogP contribution is 2.33. The van der Waals surface area contributed by atoms with Gasteiger partial charge in [0, 0.05) is 21.7 Å². The first kappa shape index (κ1) is 22.0. The highest BCUT2D eigenvalue weighted by Gasteiger charge is 2.31. The van der Waals surface area contributed by atoms with Gasteiger partial charge in [-0.25, -0.2) is 8.42 Å². The van der Waals surface area contributed by atoms with Crippen LogP contribution in [0, 0.1) is 0 Å². The third-order valence-corrected chi connectivity index (χ3v) is 6.70. The predicted molar refractivity (Wildman–Crippen MR) is 111 cm³/mol. The Morgan fingerprint density at radius 1 is 1.11 bits per heavy atom. The molecule has 0 aliphatic heterocycles. The van der Waals surface area contributed by atoms with Crippen LogP contribution >= 0.6 is 23.2 Å². The number of benzene rings is 2. The molecule has 0 radical (unpaired) electrons. The van der Waals surface area contributed by atoms with E-state index in [1.54, 1.807) is 30.3 Å². The maximum atomic E-state index is 13.4. The Hall–Kier alpha value is -1.31. The second-order valence-electron chi connectivity index (χ2n) is 6.28. The highest BCUT2D eigenvalue weighted by molar-refractivity contribution is 7.92. The first-order chi connectivity index (χ1) is 12.8. The first-order valence-corrected chi connectivity index (χ1v) is 10.8. The largest absolute Gasteiger partial charge is 0.392 e. The molecule has 0 bridgehead atoms. The van der Waals surface area contributed by atoms with E-state index in [1.807, 2.05) is 14.0 Å². The Kier molecular flexibility index (Phi) is 7.94. The van der Waals surface area contributed by atoms with E-state index in [2.05, 4.69) is 5.32 Å². The molecule has 0 aliphatic carbocycles. The van der Waals surface area contributed by atoms with Crippen molar-refractivity contribution in [1.29, 1.82) is 0 Å². The zero-order chi connectivity index (χ0) is 20.0. The number of halogens is 2. The molecule has 148 valence electrons. The number of aliphatic hydroxyl groups is 1. The maximum absolute atomic E-state index is 13.4. The van der Waals surface area contributed by atoms with Crippen LogP contribution in [0.15, 0.2) is 47.4 Å². The molecule has 27 heavy (non-hydrogen) atoms. The van der Waals surface area contributed by atoms with E-state index in [4.69, 9.17) is 23.2 Å². The summed E-state index contributed by atoms with van der Waals surface area (Å²) in [5.41, 5.74) is 0.884. The molecule has 0 fully saturated rings. The lowest BCUT2D eigenvalue weighted by Crippen LogP contribution is -2.39. The molecule has 0 aliphatic rings. The van der Waals surface area contributed by atoms with Crippen LogP contribution in [0.1, 0.15) is 25.3 Å². The Bertz CT molecular complexity index is 858. The van der Waals surface area contributed by atoms with Gasteiger partial charge in [0.05, 0.1) is 17.2 Å². The third-order valence-electron chi connectivity index (χ3n) is 4.27. The molecule has 0 aromatic heterocycles. The summed E-state index contributed by atoms with van der Waals surface area (Å²) in [5, 5.41) is 13.7. The number of rotatable bonds is 9. The summed E-state index contributed by atoms with van der Waals surface area (Å²) >= 11 is 12.0. The minimum absolute atomic E-state index is 0.135. The number of nitrogens with one attached hydrogen (secondary N) is 1. The molecule has 1 atom stereocenters. The molecular formula is C19H24Cl2N2O3S. The second kappa shape index (κ2) is 9.75. The van der Waals surface area contributed by atoms with Gasteiger partial charge in [-0.3, -0.25) is 4.31 Å². The molecule has 0 unspecified atom stereocenters. The minimum Gasteiger partial charge on any atom is -0.392 e. The SMILES string of the molecule is CNCCC[C@@H](C)N(c1cc(Cl)ccc1CO)S(=O)(=O)c1ccc(Cl)cc1. The Balaban J connectivity index is 2.56. The van der Waals surface area contributed by atoms with E-state index in [0.717, 1.165) is 13.0 Å². The van der Waals surface area contributed by atoms with E-state index in [0.29, 0.717) is 27.7 Å². The number of hydrogen-bond donors (Lipinski definition) is 2. The standard InChI is InChI=1S/C19H24Cl2N2O3S/c1-14(4-3-11-22-2)23(19-12-17(21)6-5-15(19)13-24)27(25,26)18-9-7-16(20)8-10-18/h5-10,12,14,22,24H,3-4,11,13H2,1-2H3/t14-/m1/s1. The van der Waals surface area contributed by atoms with Crippen LogP contribution in [-0.4, -0.2) is 33.2 Å². The van der Waals surface area contributed by atoms with Gasteiger partial charge in [-0.05, 0) is 69.8 Å². The molecule has 2 rings (SSSR count). The normalized spacial score (nSPS) is 12.8. The fourth-order valence-electron chi connectivity index (χ4n) is 2.89. The highest BCUT2D eigenvalue weighted by atomic mass is 35.5. The van der Waals surface area contributed by atoms with Gasteiger partial charge in [0.1, 0.15) is 0 Å². The van der Waals surface area contributed by atoms with E-state index in [1.165, 1.54) is 16.4 Å². The summed E-state index contributed by atoms with van der Waals surface area (Å²) in [4.78, 5) is 0.135. The van der Waals surface area contributed by atoms with Crippen LogP contribution in [0.3, 0.4) is 0 Å². The number of anilines is 1. The van der Waals surface area contributed by atoms with Gasteiger partial charge in [-0.1, -0.05) is 29.3 Å². The van der Waals surface area contributed by atoms with Crippen molar-refractivity contribution in [1.82, 2.24) is 5.32 Å². The Morgan fingerprint density at radius 2 is 1.74 bits per heavy atom. The third kappa shape index (κ3) is 5.36. The van der Waals surface area contributed by atoms with Gasteiger partial charge >= 0.3 is 0 Å². The lowest BCUT2D eigenvalue weighted by atomic mass is 10.1. The van der Waals surface area contributed by atoms with Gasteiger partial charge in [0.15, 0.2) is 0 Å². The fraction of sp³-hybridized carbons (Fsp3) is 0.368. The lowest BCUT2D eigenvalue weighted by molar-refractivity contribution is 0.282. The molecule has 0 heterocycles. The summed E-state index contributed by atoms with van der Waals surface area (Å²) in [6.45, 7) is 2.34. The summed E-state index contributed by atoms with van der Waals surface area (Å²) < 4.78 is 28.2. The van der Waals surface area contributed by atoms with Crippen molar-refractivity contribution in [2.75, 3.05) is 17.9 Å². The molecule has 0 saturated heterocycles. The number of aliphatic hydroxyl groups excluding tert-OH is 1. The molecule has 0 spiro atoms. The molecule has 2 N–H and O–H groups in total. The van der Waals surface area contributed by atoms with Crippen LogP contribution in [0.2, 0.25) is 10.0 Å². The monoisotopic (exact) mass is 430 g/mol. The van der Waals surface area contributed by atoms with E-state index < -0.39 is 10.0 Å². The number of nitrogens with zero attached hydrogens (tertiary/aromatic N) is 1. The molecular weight excluding hydrogens is 407 g/mol. The second-order valence-corrected chi connectivity index (χ2v) is 8.97. The van der Waals surface area contributed by atoms with E-state index >= 15 is 0 Å². The molecule has 8 heteroatoms. The summed E-state index contributed by atoms with van der Waals surface area (Å²) in [6.07, 6.45) is 1.45. The van der Waals surface area contributed by atoms with Gasteiger partial charge in [0.25, 0.3) is 10.0 Å². The first-order valence-electron chi connectivity index (χ1n) is 8.65. The smallest absolute Gasteiger partial charge is 0.264 e. The van der Waals surface area contributed by atoms with Crippen molar-refractivity contribution in [3.05, 3.63) is 58.1 Å². The maximum Gasteiger partial charge on any atom is 0.264 e. The molecule has 0 saturated carbocycles. The van der Waals surface area contributed by atoms with Crippen LogP contribution in [0.5, 0.6) is 0 Å². The topological polar surface area (TPSA) is 69.6 Å². The van der Waals surface area contributed by atoms with Gasteiger partial charge in [-0.2, -0.15) is 0 Å². The van der Waals surface area contributed by atoms with Crippen LogP contribution in [-0.2, 0) is 16.6 Å². The molecule has 0 amide bonds. The molecule has 2 aromatic rings. The predicted octanol–water partition coefficient (Wildman–Crippen LogP) is 4.07. The van der Waals surface area contributed by atoms with Gasteiger partial charge < -0.3 is 10.4 Å². The minimum atomic E-state index is -3.87. The zero-order valence-corrected chi connectivity index (χ0v) is 17.7. The summed E-state index contributed by atoms with van der Waals surface area (Å²) in [5.74, 6) is 0. The van der Waals surface area contributed by atoms with Crippen molar-refractivity contribution in [2.45, 2.75) is 37.3 Å². The number of sulfonamides is 1. The van der Waals surface area contributed by atoms with E-state index in [9.17, 15) is 13.5 Å². The molecule has 2 aromatic carbocycles. The van der Waals surface area contributed by atoms with Gasteiger partial charge in [0.2, 0.25) is 0 Å². The summed E-state index contributed by atoms with van der Waals surface area (Å²) in [7, 11) is -2.02. The van der Waals surface area contributed by atoms with Crippen molar-refractivity contribution in [3.8, 4) is 0 Å². The number of hydrogen-bond acceptors (Lipinski definition) is 4. The zero-order valence-electron chi connectivity index (χ0n) is 15.3.